The van der Waals surface area contributed by atoms with Crippen molar-refractivity contribution in [2.45, 2.75) is 25.9 Å². The smallest absolute Gasteiger partial charge is 0.224 e. The lowest BCUT2D eigenvalue weighted by atomic mass is 10.0. The fraction of sp³-hybridized carbons (Fsp3) is 0.600. The molecular formula is C10H17FN4O. The second kappa shape index (κ2) is 5.07. The van der Waals surface area contributed by atoms with Gasteiger partial charge in [-0.25, -0.2) is 9.37 Å². The molecule has 1 rings (SSSR count). The third kappa shape index (κ3) is 3.30. The molecule has 1 unspecified atom stereocenters. The van der Waals surface area contributed by atoms with Crippen LogP contribution in [0.1, 0.15) is 20.3 Å². The van der Waals surface area contributed by atoms with E-state index in [9.17, 15) is 9.50 Å². The van der Waals surface area contributed by atoms with Crippen molar-refractivity contribution in [3.8, 4) is 0 Å². The Morgan fingerprint density at radius 3 is 2.81 bits per heavy atom. The molecule has 0 aromatic carbocycles. The van der Waals surface area contributed by atoms with Gasteiger partial charge in [0.2, 0.25) is 5.95 Å². The highest BCUT2D eigenvalue weighted by molar-refractivity contribution is 5.40. The van der Waals surface area contributed by atoms with Gasteiger partial charge in [0.15, 0.2) is 11.6 Å². The first-order valence-electron chi connectivity index (χ1n) is 5.15. The van der Waals surface area contributed by atoms with Crippen LogP contribution in [0.3, 0.4) is 0 Å². The van der Waals surface area contributed by atoms with Gasteiger partial charge in [-0.3, -0.25) is 0 Å². The topological polar surface area (TPSA) is 70.1 Å². The molecule has 1 aromatic rings. The van der Waals surface area contributed by atoms with Crippen molar-refractivity contribution in [3.63, 3.8) is 0 Å². The molecule has 1 atom stereocenters. The predicted molar refractivity (Wildman–Crippen MR) is 60.9 cm³/mol. The zero-order valence-corrected chi connectivity index (χ0v) is 9.71. The molecule has 0 spiro atoms. The maximum atomic E-state index is 13.3. The summed E-state index contributed by atoms with van der Waals surface area (Å²) in [7, 11) is 1.65. The summed E-state index contributed by atoms with van der Waals surface area (Å²) >= 11 is 0. The predicted octanol–water partition coefficient (Wildman–Crippen LogP) is 1.23. The van der Waals surface area contributed by atoms with Gasteiger partial charge in [-0.2, -0.15) is 4.98 Å². The third-order valence-corrected chi connectivity index (χ3v) is 2.37. The molecule has 0 saturated carbocycles. The standard InChI is InChI=1S/C10H17FN4O/c1-4-10(2,16)6-14-8-7(11)5-13-9(12-3)15-8/h5,16H,4,6H2,1-3H3,(H2,12,13,14,15). The molecule has 0 aliphatic carbocycles. The summed E-state index contributed by atoms with van der Waals surface area (Å²) in [5.41, 5.74) is -0.878. The Morgan fingerprint density at radius 2 is 2.25 bits per heavy atom. The molecule has 0 fully saturated rings. The molecule has 6 heteroatoms. The lowest BCUT2D eigenvalue weighted by Crippen LogP contribution is -2.33. The summed E-state index contributed by atoms with van der Waals surface area (Å²) in [6.07, 6.45) is 1.66. The van der Waals surface area contributed by atoms with Crippen molar-refractivity contribution >= 4 is 11.8 Å². The number of rotatable bonds is 5. The summed E-state index contributed by atoms with van der Waals surface area (Å²) < 4.78 is 13.3. The second-order valence-electron chi connectivity index (χ2n) is 3.84. The van der Waals surface area contributed by atoms with Gasteiger partial charge in [0.25, 0.3) is 0 Å². The molecule has 0 bridgehead atoms. The molecule has 1 heterocycles. The molecule has 3 N–H and O–H groups in total. The van der Waals surface area contributed by atoms with Gasteiger partial charge in [0.1, 0.15) is 0 Å². The maximum absolute atomic E-state index is 13.3. The Hall–Kier alpha value is -1.43. The number of nitrogens with zero attached hydrogens (tertiary/aromatic N) is 2. The Bertz CT molecular complexity index is 357. The lowest BCUT2D eigenvalue weighted by molar-refractivity contribution is 0.0696. The minimum Gasteiger partial charge on any atom is -0.388 e. The first kappa shape index (κ1) is 12.6. The minimum atomic E-state index is -0.878. The number of aromatic nitrogens is 2. The second-order valence-corrected chi connectivity index (χ2v) is 3.84. The molecule has 5 nitrogen and oxygen atoms in total. The monoisotopic (exact) mass is 228 g/mol. The van der Waals surface area contributed by atoms with Gasteiger partial charge in [-0.05, 0) is 13.3 Å². The van der Waals surface area contributed by atoms with Crippen molar-refractivity contribution in [1.82, 2.24) is 9.97 Å². The van der Waals surface area contributed by atoms with E-state index < -0.39 is 11.4 Å². The first-order chi connectivity index (χ1) is 7.48. The van der Waals surface area contributed by atoms with Crippen LogP contribution in [0.5, 0.6) is 0 Å². The number of nitrogens with one attached hydrogen (secondary N) is 2. The van der Waals surface area contributed by atoms with Crippen LogP contribution in [0.4, 0.5) is 16.2 Å². The molecule has 0 amide bonds. The van der Waals surface area contributed by atoms with Crippen molar-refractivity contribution in [3.05, 3.63) is 12.0 Å². The molecule has 16 heavy (non-hydrogen) atoms. The number of halogens is 1. The molecule has 0 aliphatic rings. The van der Waals surface area contributed by atoms with Crippen LogP contribution >= 0.6 is 0 Å². The van der Waals surface area contributed by atoms with Crippen LogP contribution in [0.2, 0.25) is 0 Å². The van der Waals surface area contributed by atoms with Crippen LogP contribution in [-0.4, -0.2) is 34.3 Å². The highest BCUT2D eigenvalue weighted by atomic mass is 19.1. The van der Waals surface area contributed by atoms with E-state index in [0.29, 0.717) is 12.4 Å². The van der Waals surface area contributed by atoms with Crippen LogP contribution in [-0.2, 0) is 0 Å². The maximum Gasteiger partial charge on any atom is 0.224 e. The summed E-state index contributed by atoms with van der Waals surface area (Å²) in [5, 5.41) is 15.2. The quantitative estimate of drug-likeness (QED) is 0.707. The van der Waals surface area contributed by atoms with Gasteiger partial charge in [0, 0.05) is 13.6 Å². The van der Waals surface area contributed by atoms with Crippen LogP contribution in [0.25, 0.3) is 0 Å². The normalized spacial score (nSPS) is 14.3. The van der Waals surface area contributed by atoms with Gasteiger partial charge < -0.3 is 15.7 Å². The number of hydrogen-bond acceptors (Lipinski definition) is 5. The third-order valence-electron chi connectivity index (χ3n) is 2.37. The highest BCUT2D eigenvalue weighted by Gasteiger charge is 2.18. The van der Waals surface area contributed by atoms with Crippen molar-refractivity contribution in [1.29, 1.82) is 0 Å². The van der Waals surface area contributed by atoms with Gasteiger partial charge in [0.05, 0.1) is 11.8 Å². The van der Waals surface area contributed by atoms with Crippen molar-refractivity contribution < 1.29 is 9.50 Å². The number of anilines is 2. The summed E-state index contributed by atoms with van der Waals surface area (Å²) in [5.74, 6) is -0.112. The SMILES string of the molecule is CCC(C)(O)CNc1nc(NC)ncc1F. The van der Waals surface area contributed by atoms with Crippen LogP contribution < -0.4 is 10.6 Å². The molecule has 90 valence electrons. The largest absolute Gasteiger partial charge is 0.388 e. The van der Waals surface area contributed by atoms with Gasteiger partial charge in [-0.1, -0.05) is 6.92 Å². The Kier molecular flexibility index (Phi) is 4.00. The molecule has 0 radical (unpaired) electrons. The first-order valence-corrected chi connectivity index (χ1v) is 5.15. The molecule has 1 aromatic heterocycles. The zero-order valence-electron chi connectivity index (χ0n) is 9.71. The molecule has 0 aliphatic heterocycles. The van der Waals surface area contributed by atoms with Crippen LogP contribution in [0.15, 0.2) is 6.20 Å². The van der Waals surface area contributed by atoms with E-state index in [2.05, 4.69) is 20.6 Å². The Labute approximate surface area is 94.1 Å². The van der Waals surface area contributed by atoms with E-state index in [0.717, 1.165) is 6.20 Å². The van der Waals surface area contributed by atoms with E-state index in [4.69, 9.17) is 0 Å². The van der Waals surface area contributed by atoms with Crippen molar-refractivity contribution in [2.24, 2.45) is 0 Å². The van der Waals surface area contributed by atoms with E-state index in [1.165, 1.54) is 0 Å². The van der Waals surface area contributed by atoms with Crippen LogP contribution in [0, 0.1) is 5.82 Å². The van der Waals surface area contributed by atoms with Gasteiger partial charge >= 0.3 is 0 Å². The highest BCUT2D eigenvalue weighted by Crippen LogP contribution is 2.14. The van der Waals surface area contributed by atoms with Gasteiger partial charge in [-0.15, -0.1) is 0 Å². The average molecular weight is 228 g/mol. The Morgan fingerprint density at radius 1 is 1.56 bits per heavy atom. The summed E-state index contributed by atoms with van der Waals surface area (Å²) in [6.45, 7) is 3.77. The van der Waals surface area contributed by atoms with E-state index >= 15 is 0 Å². The minimum absolute atomic E-state index is 0.0908. The molecular weight excluding hydrogens is 211 g/mol. The Balaban J connectivity index is 2.73. The van der Waals surface area contributed by atoms with E-state index in [1.807, 2.05) is 6.92 Å². The van der Waals surface area contributed by atoms with Crippen molar-refractivity contribution in [2.75, 3.05) is 24.2 Å². The fourth-order valence-corrected chi connectivity index (χ4v) is 1.01. The number of aliphatic hydroxyl groups is 1. The van der Waals surface area contributed by atoms with E-state index in [1.54, 1.807) is 14.0 Å². The zero-order chi connectivity index (χ0) is 12.2. The molecule has 0 saturated heterocycles. The lowest BCUT2D eigenvalue weighted by Gasteiger charge is -2.22. The summed E-state index contributed by atoms with van der Waals surface area (Å²) in [6, 6.07) is 0. The fourth-order valence-electron chi connectivity index (χ4n) is 1.01. The summed E-state index contributed by atoms with van der Waals surface area (Å²) in [4.78, 5) is 7.63. The number of hydrogen-bond donors (Lipinski definition) is 3. The average Bonchev–Trinajstić information content (AvgIpc) is 2.28. The van der Waals surface area contributed by atoms with E-state index in [-0.39, 0.29) is 12.4 Å².